The highest BCUT2D eigenvalue weighted by Crippen LogP contribution is 2.40. The molecule has 0 unspecified atom stereocenters. The summed E-state index contributed by atoms with van der Waals surface area (Å²) in [5.74, 6) is 0.576. The summed E-state index contributed by atoms with van der Waals surface area (Å²) in [4.78, 5) is 3.82. The fourth-order valence-corrected chi connectivity index (χ4v) is 3.45. The summed E-state index contributed by atoms with van der Waals surface area (Å²) < 4.78 is 45.3. The summed E-state index contributed by atoms with van der Waals surface area (Å²) in [6.07, 6.45) is -4.51. The second kappa shape index (κ2) is 5.99. The predicted octanol–water partition coefficient (Wildman–Crippen LogP) is 5.53. The number of halogens is 4. The Morgan fingerprint density at radius 3 is 2.35 bits per heavy atom. The number of benzene rings is 2. The van der Waals surface area contributed by atoms with Crippen molar-refractivity contribution in [3.05, 3.63) is 57.8 Å². The summed E-state index contributed by atoms with van der Waals surface area (Å²) in [5, 5.41) is 0.632. The van der Waals surface area contributed by atoms with Crippen molar-refractivity contribution in [3.8, 4) is 16.9 Å². The minimum Gasteiger partial charge on any atom is -0.497 e. The SMILES string of the molecule is COc1ccc2nc(C(F)(F)F)c(I)c(-c3ccccc3)c2c1. The minimum atomic E-state index is -4.51. The van der Waals surface area contributed by atoms with Crippen LogP contribution in [0.15, 0.2) is 48.5 Å². The fraction of sp³-hybridized carbons (Fsp3) is 0.118. The van der Waals surface area contributed by atoms with E-state index < -0.39 is 11.9 Å². The van der Waals surface area contributed by atoms with Crippen LogP contribution in [0.5, 0.6) is 5.75 Å². The van der Waals surface area contributed by atoms with E-state index in [9.17, 15) is 13.2 Å². The van der Waals surface area contributed by atoms with Crippen molar-refractivity contribution in [1.29, 1.82) is 0 Å². The van der Waals surface area contributed by atoms with Crippen molar-refractivity contribution in [2.75, 3.05) is 7.11 Å². The molecule has 0 aliphatic heterocycles. The second-order valence-electron chi connectivity index (χ2n) is 4.90. The van der Waals surface area contributed by atoms with Gasteiger partial charge >= 0.3 is 6.18 Å². The molecule has 0 aliphatic rings. The summed E-state index contributed by atoms with van der Waals surface area (Å²) in [5.41, 5.74) is 0.650. The molecular formula is C17H11F3INO. The molecule has 0 spiro atoms. The average Bonchev–Trinajstić information content (AvgIpc) is 2.53. The molecule has 0 N–H and O–H groups in total. The number of rotatable bonds is 2. The minimum absolute atomic E-state index is 0.0852. The fourth-order valence-electron chi connectivity index (χ4n) is 2.42. The largest absolute Gasteiger partial charge is 0.497 e. The lowest BCUT2D eigenvalue weighted by molar-refractivity contribution is -0.141. The van der Waals surface area contributed by atoms with E-state index in [1.165, 1.54) is 7.11 Å². The lowest BCUT2D eigenvalue weighted by atomic mass is 10.00. The number of pyridine rings is 1. The normalized spacial score (nSPS) is 11.7. The standard InChI is InChI=1S/C17H11F3INO/c1-23-11-7-8-13-12(9-11)14(10-5-3-2-4-6-10)15(21)16(22-13)17(18,19)20/h2-9H,1H3. The van der Waals surface area contributed by atoms with Crippen LogP contribution in [0.4, 0.5) is 13.2 Å². The molecule has 0 saturated heterocycles. The Kier molecular flexibility index (Phi) is 4.18. The molecule has 0 radical (unpaired) electrons. The summed E-state index contributed by atoms with van der Waals surface area (Å²) in [6.45, 7) is 0. The van der Waals surface area contributed by atoms with Gasteiger partial charge in [-0.25, -0.2) is 4.98 Å². The monoisotopic (exact) mass is 429 g/mol. The third-order valence-corrected chi connectivity index (χ3v) is 4.51. The summed E-state index contributed by atoms with van der Waals surface area (Å²) >= 11 is 1.72. The molecule has 0 bridgehead atoms. The Morgan fingerprint density at radius 2 is 1.74 bits per heavy atom. The lowest BCUT2D eigenvalue weighted by Gasteiger charge is -2.16. The zero-order chi connectivity index (χ0) is 16.6. The highest BCUT2D eigenvalue weighted by atomic mass is 127. The van der Waals surface area contributed by atoms with Crippen LogP contribution in [0, 0.1) is 3.57 Å². The van der Waals surface area contributed by atoms with E-state index in [1.54, 1.807) is 65.1 Å². The first-order valence-electron chi connectivity index (χ1n) is 6.71. The van der Waals surface area contributed by atoms with Gasteiger partial charge in [0.05, 0.1) is 16.2 Å². The number of fused-ring (bicyclic) bond motifs is 1. The van der Waals surface area contributed by atoms with Crippen LogP contribution in [-0.2, 0) is 6.18 Å². The maximum atomic E-state index is 13.3. The highest BCUT2D eigenvalue weighted by Gasteiger charge is 2.36. The Hall–Kier alpha value is -1.83. The van der Waals surface area contributed by atoms with Crippen LogP contribution < -0.4 is 4.74 Å². The smallest absolute Gasteiger partial charge is 0.434 e. The molecule has 0 fully saturated rings. The van der Waals surface area contributed by atoms with Gasteiger partial charge in [0.2, 0.25) is 0 Å². The van der Waals surface area contributed by atoms with Crippen LogP contribution in [-0.4, -0.2) is 12.1 Å². The van der Waals surface area contributed by atoms with E-state index in [0.29, 0.717) is 22.3 Å². The van der Waals surface area contributed by atoms with Gasteiger partial charge in [0.15, 0.2) is 5.69 Å². The summed E-state index contributed by atoms with van der Waals surface area (Å²) in [6, 6.07) is 13.9. The maximum absolute atomic E-state index is 13.3. The van der Waals surface area contributed by atoms with Crippen molar-refractivity contribution in [2.24, 2.45) is 0 Å². The van der Waals surface area contributed by atoms with Gasteiger partial charge in [0, 0.05) is 10.9 Å². The topological polar surface area (TPSA) is 22.1 Å². The molecule has 0 aliphatic carbocycles. The Morgan fingerprint density at radius 1 is 1.04 bits per heavy atom. The molecule has 1 heterocycles. The molecule has 1 aromatic heterocycles. The predicted molar refractivity (Wildman–Crippen MR) is 91.5 cm³/mol. The van der Waals surface area contributed by atoms with E-state index in [4.69, 9.17) is 4.74 Å². The second-order valence-corrected chi connectivity index (χ2v) is 5.98. The van der Waals surface area contributed by atoms with E-state index in [2.05, 4.69) is 4.98 Å². The van der Waals surface area contributed by atoms with Crippen molar-refractivity contribution >= 4 is 33.5 Å². The van der Waals surface area contributed by atoms with Gasteiger partial charge in [-0.3, -0.25) is 0 Å². The van der Waals surface area contributed by atoms with Gasteiger partial charge in [-0.15, -0.1) is 0 Å². The molecule has 2 nitrogen and oxygen atoms in total. The zero-order valence-corrected chi connectivity index (χ0v) is 14.1. The van der Waals surface area contributed by atoms with E-state index in [-0.39, 0.29) is 9.09 Å². The number of hydrogen-bond donors (Lipinski definition) is 0. The van der Waals surface area contributed by atoms with Crippen LogP contribution in [0.3, 0.4) is 0 Å². The van der Waals surface area contributed by atoms with Gasteiger partial charge < -0.3 is 4.74 Å². The molecule has 3 rings (SSSR count). The number of alkyl halides is 3. The first-order chi connectivity index (χ1) is 10.9. The van der Waals surface area contributed by atoms with Crippen LogP contribution in [0.2, 0.25) is 0 Å². The zero-order valence-electron chi connectivity index (χ0n) is 12.0. The van der Waals surface area contributed by atoms with E-state index >= 15 is 0 Å². The number of methoxy groups -OCH3 is 1. The van der Waals surface area contributed by atoms with Crippen molar-refractivity contribution in [1.82, 2.24) is 4.98 Å². The van der Waals surface area contributed by atoms with Gasteiger partial charge in [-0.2, -0.15) is 13.2 Å². The van der Waals surface area contributed by atoms with Crippen LogP contribution in [0.25, 0.3) is 22.0 Å². The highest BCUT2D eigenvalue weighted by molar-refractivity contribution is 14.1. The number of hydrogen-bond acceptors (Lipinski definition) is 2. The molecule has 0 amide bonds. The van der Waals surface area contributed by atoms with Gasteiger partial charge in [0.25, 0.3) is 0 Å². The molecule has 6 heteroatoms. The number of ether oxygens (including phenoxy) is 1. The van der Waals surface area contributed by atoms with Crippen LogP contribution in [0.1, 0.15) is 5.69 Å². The molecule has 23 heavy (non-hydrogen) atoms. The van der Waals surface area contributed by atoms with Crippen molar-refractivity contribution < 1.29 is 17.9 Å². The van der Waals surface area contributed by atoms with Crippen LogP contribution >= 0.6 is 22.6 Å². The molecular weight excluding hydrogens is 418 g/mol. The molecule has 0 atom stereocenters. The lowest BCUT2D eigenvalue weighted by Crippen LogP contribution is -2.12. The van der Waals surface area contributed by atoms with Crippen molar-refractivity contribution in [3.63, 3.8) is 0 Å². The quantitative estimate of drug-likeness (QED) is 0.500. The number of nitrogens with zero attached hydrogens (tertiary/aromatic N) is 1. The summed E-state index contributed by atoms with van der Waals surface area (Å²) in [7, 11) is 1.52. The maximum Gasteiger partial charge on any atom is 0.434 e. The Labute approximate surface area is 144 Å². The number of aromatic nitrogens is 1. The Balaban J connectivity index is 2.43. The van der Waals surface area contributed by atoms with E-state index in [0.717, 1.165) is 0 Å². The molecule has 118 valence electrons. The average molecular weight is 429 g/mol. The first-order valence-corrected chi connectivity index (χ1v) is 7.79. The molecule has 3 aromatic rings. The molecule has 2 aromatic carbocycles. The van der Waals surface area contributed by atoms with Gasteiger partial charge in [0.1, 0.15) is 5.75 Å². The third-order valence-electron chi connectivity index (χ3n) is 3.46. The van der Waals surface area contributed by atoms with Gasteiger partial charge in [-0.05, 0) is 46.4 Å². The third kappa shape index (κ3) is 2.99. The van der Waals surface area contributed by atoms with E-state index in [1.807, 2.05) is 6.07 Å². The Bertz CT molecular complexity index is 863. The van der Waals surface area contributed by atoms with Crippen molar-refractivity contribution in [2.45, 2.75) is 6.18 Å². The van der Waals surface area contributed by atoms with Gasteiger partial charge in [-0.1, -0.05) is 30.3 Å². The first kappa shape index (κ1) is 16.0. The molecule has 0 saturated carbocycles.